The molecule has 1 aliphatic carbocycles. The normalized spacial score (nSPS) is 18.2. The number of hydrogen-bond donors (Lipinski definition) is 3. The van der Waals surface area contributed by atoms with E-state index in [1.54, 1.807) is 17.5 Å². The molecule has 2 aliphatic rings. The van der Waals surface area contributed by atoms with Crippen LogP contribution in [0, 0.1) is 0 Å². The van der Waals surface area contributed by atoms with Gasteiger partial charge in [-0.25, -0.2) is 15.0 Å². The molecule has 1 unspecified atom stereocenters. The van der Waals surface area contributed by atoms with E-state index in [1.165, 1.54) is 6.33 Å². The van der Waals surface area contributed by atoms with Crippen LogP contribution < -0.4 is 11.5 Å². The average molecular weight is 384 g/mol. The highest BCUT2D eigenvalue weighted by molar-refractivity contribution is 5.86. The molecule has 0 saturated carbocycles. The maximum atomic E-state index is 10.9. The molecular weight excluding hydrogens is 356 g/mol. The first kappa shape index (κ1) is 20.3. The Labute approximate surface area is 165 Å². The average Bonchev–Trinajstić information content (AvgIpc) is 2.88. The summed E-state index contributed by atoms with van der Waals surface area (Å²) < 4.78 is 0. The first-order chi connectivity index (χ1) is 13.6. The molecule has 0 saturated heterocycles. The van der Waals surface area contributed by atoms with Crippen LogP contribution in [0.25, 0.3) is 5.57 Å². The number of allylic oxidation sites excluding steroid dienone is 4. The number of aromatic nitrogens is 2. The van der Waals surface area contributed by atoms with Crippen molar-refractivity contribution in [3.63, 3.8) is 0 Å². The van der Waals surface area contributed by atoms with Crippen LogP contribution in [-0.2, 0) is 4.84 Å². The van der Waals surface area contributed by atoms with Gasteiger partial charge in [0, 0.05) is 37.5 Å². The van der Waals surface area contributed by atoms with E-state index in [1.807, 2.05) is 19.1 Å². The van der Waals surface area contributed by atoms with Crippen LogP contribution in [0.1, 0.15) is 38.2 Å². The molecule has 0 aromatic carbocycles. The summed E-state index contributed by atoms with van der Waals surface area (Å²) >= 11 is 0. The summed E-state index contributed by atoms with van der Waals surface area (Å²) in [5.41, 5.74) is 16.5. The lowest BCUT2D eigenvalue weighted by atomic mass is 9.91. The Hall–Kier alpha value is -2.39. The molecule has 1 aromatic rings. The van der Waals surface area contributed by atoms with Crippen molar-refractivity contribution < 1.29 is 9.94 Å². The van der Waals surface area contributed by atoms with Crippen LogP contribution in [0.5, 0.6) is 0 Å². The number of aliphatic hydroxyl groups is 1. The third-order valence-corrected chi connectivity index (χ3v) is 4.67. The topological polar surface area (TPSA) is 123 Å². The van der Waals surface area contributed by atoms with Gasteiger partial charge in [0.1, 0.15) is 12.2 Å². The quantitative estimate of drug-likeness (QED) is 0.458. The molecular formula is C20H28N6O2. The zero-order valence-electron chi connectivity index (χ0n) is 16.2. The van der Waals surface area contributed by atoms with Gasteiger partial charge in [-0.05, 0) is 42.1 Å². The molecule has 0 radical (unpaired) electrons. The van der Waals surface area contributed by atoms with Crippen molar-refractivity contribution in [2.24, 2.45) is 16.5 Å². The van der Waals surface area contributed by atoms with Gasteiger partial charge >= 0.3 is 0 Å². The van der Waals surface area contributed by atoms with E-state index in [4.69, 9.17) is 16.3 Å². The molecule has 0 amide bonds. The summed E-state index contributed by atoms with van der Waals surface area (Å²) in [6.45, 7) is 3.37. The molecule has 3 rings (SSSR count). The fraction of sp³-hybridized carbons (Fsp3) is 0.450. The lowest BCUT2D eigenvalue weighted by Gasteiger charge is -2.28. The largest absolute Gasteiger partial charge is 0.387 e. The van der Waals surface area contributed by atoms with Crippen molar-refractivity contribution in [2.75, 3.05) is 19.7 Å². The number of hydroxylamine groups is 2. The molecule has 0 spiro atoms. The van der Waals surface area contributed by atoms with Gasteiger partial charge in [0.15, 0.2) is 6.23 Å². The molecule has 8 nitrogen and oxygen atoms in total. The molecule has 0 fully saturated rings. The van der Waals surface area contributed by atoms with Crippen LogP contribution in [0.4, 0.5) is 0 Å². The fourth-order valence-corrected chi connectivity index (χ4v) is 3.35. The lowest BCUT2D eigenvalue weighted by molar-refractivity contribution is -0.225. The number of nitrogens with two attached hydrogens (primary N) is 2. The van der Waals surface area contributed by atoms with E-state index in [2.05, 4.69) is 15.0 Å². The van der Waals surface area contributed by atoms with Gasteiger partial charge in [-0.1, -0.05) is 13.0 Å². The number of amidine groups is 1. The van der Waals surface area contributed by atoms with Crippen molar-refractivity contribution in [3.8, 4) is 0 Å². The zero-order valence-corrected chi connectivity index (χ0v) is 16.2. The van der Waals surface area contributed by atoms with Gasteiger partial charge in [-0.2, -0.15) is 5.06 Å². The predicted molar refractivity (Wildman–Crippen MR) is 109 cm³/mol. The number of nitrogens with zero attached hydrogens (tertiary/aromatic N) is 4. The Balaban J connectivity index is 1.88. The SMILES string of the molecule is CCCN(OCCN)C(O)C1=CC2=C(C=C(c3cncnc3)CC2)N=C(N)C1. The van der Waals surface area contributed by atoms with E-state index in [0.717, 1.165) is 47.2 Å². The molecule has 1 aromatic heterocycles. The Morgan fingerprint density at radius 3 is 2.75 bits per heavy atom. The van der Waals surface area contributed by atoms with Gasteiger partial charge < -0.3 is 16.6 Å². The number of rotatable bonds is 8. The molecule has 0 bridgehead atoms. The monoisotopic (exact) mass is 384 g/mol. The van der Waals surface area contributed by atoms with Crippen LogP contribution in [0.15, 0.2) is 52.7 Å². The van der Waals surface area contributed by atoms with Crippen LogP contribution in [-0.4, -0.2) is 51.9 Å². The van der Waals surface area contributed by atoms with Crippen molar-refractivity contribution in [1.29, 1.82) is 0 Å². The van der Waals surface area contributed by atoms with E-state index in [9.17, 15) is 5.11 Å². The van der Waals surface area contributed by atoms with Gasteiger partial charge in [-0.15, -0.1) is 0 Å². The summed E-state index contributed by atoms with van der Waals surface area (Å²) in [4.78, 5) is 18.4. The first-order valence-corrected chi connectivity index (χ1v) is 9.62. The summed E-state index contributed by atoms with van der Waals surface area (Å²) in [5, 5.41) is 12.5. The first-order valence-electron chi connectivity index (χ1n) is 9.62. The van der Waals surface area contributed by atoms with Crippen LogP contribution in [0.2, 0.25) is 0 Å². The van der Waals surface area contributed by atoms with Gasteiger partial charge in [-0.3, -0.25) is 4.84 Å². The standard InChI is InChI=1S/C20H28N6O2/c1-2-6-26(28-7-5-21)20(27)16-8-15-4-3-14(17-11-23-13-24-12-17)9-18(15)25-19(22)10-16/h8-9,11-13,20,27H,2-7,10,21H2,1H3,(H2,22,25). The second kappa shape index (κ2) is 9.70. The van der Waals surface area contributed by atoms with Gasteiger partial charge in [0.2, 0.25) is 0 Å². The number of aliphatic hydroxyl groups excluding tert-OH is 1. The van der Waals surface area contributed by atoms with Crippen molar-refractivity contribution in [3.05, 3.63) is 53.3 Å². The Morgan fingerprint density at radius 1 is 1.25 bits per heavy atom. The Morgan fingerprint density at radius 2 is 2.04 bits per heavy atom. The third kappa shape index (κ3) is 4.90. The summed E-state index contributed by atoms with van der Waals surface area (Å²) in [5.74, 6) is 0.465. The number of hydrogen-bond acceptors (Lipinski definition) is 8. The molecule has 8 heteroatoms. The second-order valence-corrected chi connectivity index (χ2v) is 6.84. The summed E-state index contributed by atoms with van der Waals surface area (Å²) in [6.07, 6.45) is 11.2. The molecule has 2 heterocycles. The number of aliphatic imine (C=N–C) groups is 1. The highest BCUT2D eigenvalue weighted by Gasteiger charge is 2.25. The van der Waals surface area contributed by atoms with Crippen molar-refractivity contribution >= 4 is 11.4 Å². The maximum absolute atomic E-state index is 10.9. The van der Waals surface area contributed by atoms with E-state index >= 15 is 0 Å². The van der Waals surface area contributed by atoms with Crippen LogP contribution >= 0.6 is 0 Å². The third-order valence-electron chi connectivity index (χ3n) is 4.67. The van der Waals surface area contributed by atoms with Gasteiger partial charge in [0.25, 0.3) is 0 Å². The molecule has 150 valence electrons. The molecule has 1 aliphatic heterocycles. The maximum Gasteiger partial charge on any atom is 0.152 e. The van der Waals surface area contributed by atoms with Crippen molar-refractivity contribution in [1.82, 2.24) is 15.0 Å². The Bertz CT molecular complexity index is 800. The predicted octanol–water partition coefficient (Wildman–Crippen LogP) is 1.52. The smallest absolute Gasteiger partial charge is 0.152 e. The molecule has 1 atom stereocenters. The second-order valence-electron chi connectivity index (χ2n) is 6.84. The lowest BCUT2D eigenvalue weighted by Crippen LogP contribution is -2.39. The van der Waals surface area contributed by atoms with E-state index in [-0.39, 0.29) is 0 Å². The summed E-state index contributed by atoms with van der Waals surface area (Å²) in [7, 11) is 0. The minimum atomic E-state index is -0.889. The highest BCUT2D eigenvalue weighted by Crippen LogP contribution is 2.34. The van der Waals surface area contributed by atoms with Crippen molar-refractivity contribution in [2.45, 2.75) is 38.8 Å². The van der Waals surface area contributed by atoms with Gasteiger partial charge in [0.05, 0.1) is 12.3 Å². The minimum absolute atomic E-state index is 0.354. The van der Waals surface area contributed by atoms with E-state index in [0.29, 0.717) is 32.0 Å². The zero-order chi connectivity index (χ0) is 19.9. The highest BCUT2D eigenvalue weighted by atomic mass is 16.7. The minimum Gasteiger partial charge on any atom is -0.387 e. The Kier molecular flexibility index (Phi) is 7.05. The van der Waals surface area contributed by atoms with E-state index < -0.39 is 6.23 Å². The fourth-order valence-electron chi connectivity index (χ4n) is 3.35. The molecule has 5 N–H and O–H groups in total. The molecule has 28 heavy (non-hydrogen) atoms. The summed E-state index contributed by atoms with van der Waals surface area (Å²) in [6, 6.07) is 0. The van der Waals surface area contributed by atoms with Crippen LogP contribution in [0.3, 0.4) is 0 Å².